The standard InChI is InChI=1S/C12H11ClN4OS/c1-7-4-8(12(14)17-18)5-11(16-7)19-10-3-2-9(13)6-15-10/h2-6,18H,1H3,(H2,14,17). The van der Waals surface area contributed by atoms with E-state index in [0.29, 0.717) is 10.6 Å². The van der Waals surface area contributed by atoms with Gasteiger partial charge in [-0.1, -0.05) is 28.5 Å². The van der Waals surface area contributed by atoms with E-state index in [2.05, 4.69) is 15.1 Å². The van der Waals surface area contributed by atoms with Crippen LogP contribution in [-0.4, -0.2) is 21.0 Å². The van der Waals surface area contributed by atoms with Gasteiger partial charge in [0.25, 0.3) is 0 Å². The second-order valence-corrected chi connectivity index (χ2v) is 5.21. The molecule has 0 saturated carbocycles. The molecule has 0 aromatic carbocycles. The van der Waals surface area contributed by atoms with Crippen molar-refractivity contribution in [3.63, 3.8) is 0 Å². The number of rotatable bonds is 3. The van der Waals surface area contributed by atoms with Crippen LogP contribution in [0.2, 0.25) is 5.02 Å². The average molecular weight is 295 g/mol. The summed E-state index contributed by atoms with van der Waals surface area (Å²) in [6.45, 7) is 1.84. The van der Waals surface area contributed by atoms with Gasteiger partial charge in [-0.25, -0.2) is 9.97 Å². The fourth-order valence-corrected chi connectivity index (χ4v) is 2.37. The number of aryl methyl sites for hydroxylation is 1. The minimum absolute atomic E-state index is 0.0522. The Morgan fingerprint density at radius 3 is 2.79 bits per heavy atom. The van der Waals surface area contributed by atoms with Gasteiger partial charge >= 0.3 is 0 Å². The first kappa shape index (κ1) is 13.6. The molecule has 2 aromatic rings. The predicted octanol–water partition coefficient (Wildman–Crippen LogP) is 2.68. The molecule has 0 spiro atoms. The normalized spacial score (nSPS) is 11.6. The maximum Gasteiger partial charge on any atom is 0.170 e. The van der Waals surface area contributed by atoms with E-state index in [9.17, 15) is 0 Å². The Morgan fingerprint density at radius 2 is 2.16 bits per heavy atom. The Hall–Kier alpha value is -1.79. The van der Waals surface area contributed by atoms with Gasteiger partial charge in [-0.15, -0.1) is 0 Å². The van der Waals surface area contributed by atoms with Crippen LogP contribution in [0.1, 0.15) is 11.3 Å². The highest BCUT2D eigenvalue weighted by Crippen LogP contribution is 2.26. The van der Waals surface area contributed by atoms with E-state index in [0.717, 1.165) is 15.7 Å². The lowest BCUT2D eigenvalue weighted by Gasteiger charge is -2.05. The number of halogens is 1. The fourth-order valence-electron chi connectivity index (χ4n) is 1.43. The zero-order valence-corrected chi connectivity index (χ0v) is 11.6. The second kappa shape index (κ2) is 5.90. The third-order valence-corrected chi connectivity index (χ3v) is 3.34. The van der Waals surface area contributed by atoms with Crippen LogP contribution in [0.25, 0.3) is 0 Å². The Kier molecular flexibility index (Phi) is 4.24. The number of hydrogen-bond donors (Lipinski definition) is 2. The van der Waals surface area contributed by atoms with Crippen LogP contribution in [0.3, 0.4) is 0 Å². The summed E-state index contributed by atoms with van der Waals surface area (Å²) in [5, 5.41) is 13.8. The van der Waals surface area contributed by atoms with Crippen LogP contribution in [0.5, 0.6) is 0 Å². The van der Waals surface area contributed by atoms with Crippen molar-refractivity contribution in [1.82, 2.24) is 9.97 Å². The van der Waals surface area contributed by atoms with E-state index in [1.165, 1.54) is 11.8 Å². The maximum absolute atomic E-state index is 8.70. The van der Waals surface area contributed by atoms with Gasteiger partial charge in [0.1, 0.15) is 10.1 Å². The highest BCUT2D eigenvalue weighted by Gasteiger charge is 2.06. The third kappa shape index (κ3) is 3.59. The van der Waals surface area contributed by atoms with Crippen molar-refractivity contribution in [2.24, 2.45) is 10.9 Å². The van der Waals surface area contributed by atoms with Gasteiger partial charge in [-0.3, -0.25) is 0 Å². The molecule has 7 heteroatoms. The van der Waals surface area contributed by atoms with Crippen LogP contribution in [0.15, 0.2) is 45.7 Å². The molecule has 0 aliphatic carbocycles. The third-order valence-electron chi connectivity index (χ3n) is 2.24. The molecule has 0 bridgehead atoms. The molecule has 19 heavy (non-hydrogen) atoms. The second-order valence-electron chi connectivity index (χ2n) is 3.74. The monoisotopic (exact) mass is 294 g/mol. The molecule has 0 aliphatic rings. The SMILES string of the molecule is Cc1cc(/C(N)=N/O)cc(Sc2ccc(Cl)cn2)n1. The lowest BCUT2D eigenvalue weighted by atomic mass is 10.2. The van der Waals surface area contributed by atoms with E-state index >= 15 is 0 Å². The quantitative estimate of drug-likeness (QED) is 0.393. The largest absolute Gasteiger partial charge is 0.409 e. The van der Waals surface area contributed by atoms with Crippen LogP contribution in [0.4, 0.5) is 0 Å². The van der Waals surface area contributed by atoms with Crippen molar-refractivity contribution < 1.29 is 5.21 Å². The molecular weight excluding hydrogens is 284 g/mol. The number of pyridine rings is 2. The molecule has 0 atom stereocenters. The van der Waals surface area contributed by atoms with E-state index < -0.39 is 0 Å². The number of nitrogens with two attached hydrogens (primary N) is 1. The first-order valence-electron chi connectivity index (χ1n) is 5.34. The van der Waals surface area contributed by atoms with Crippen LogP contribution in [-0.2, 0) is 0 Å². The van der Waals surface area contributed by atoms with E-state index in [1.807, 2.05) is 6.92 Å². The molecule has 98 valence electrons. The summed E-state index contributed by atoms with van der Waals surface area (Å²) in [5.74, 6) is 0.0522. The fraction of sp³-hybridized carbons (Fsp3) is 0.0833. The first-order chi connectivity index (χ1) is 9.08. The predicted molar refractivity (Wildman–Crippen MR) is 74.9 cm³/mol. The summed E-state index contributed by atoms with van der Waals surface area (Å²) in [5.41, 5.74) is 6.97. The van der Waals surface area contributed by atoms with Crippen molar-refractivity contribution in [3.05, 3.63) is 46.7 Å². The Labute approximate surface area is 119 Å². The van der Waals surface area contributed by atoms with Crippen molar-refractivity contribution in [2.45, 2.75) is 17.0 Å². The van der Waals surface area contributed by atoms with Gasteiger partial charge in [0.2, 0.25) is 0 Å². The van der Waals surface area contributed by atoms with E-state index in [1.54, 1.807) is 30.5 Å². The number of aromatic nitrogens is 2. The maximum atomic E-state index is 8.70. The lowest BCUT2D eigenvalue weighted by Crippen LogP contribution is -2.13. The smallest absolute Gasteiger partial charge is 0.170 e. The lowest BCUT2D eigenvalue weighted by molar-refractivity contribution is 0.318. The minimum Gasteiger partial charge on any atom is -0.409 e. The molecule has 3 N–H and O–H groups in total. The summed E-state index contributed by atoms with van der Waals surface area (Å²) >= 11 is 7.16. The number of nitrogens with zero attached hydrogens (tertiary/aromatic N) is 3. The van der Waals surface area contributed by atoms with Gasteiger partial charge in [0, 0.05) is 17.5 Å². The summed E-state index contributed by atoms with van der Waals surface area (Å²) in [6.07, 6.45) is 1.57. The highest BCUT2D eigenvalue weighted by molar-refractivity contribution is 7.99. The Morgan fingerprint density at radius 1 is 1.37 bits per heavy atom. The summed E-state index contributed by atoms with van der Waals surface area (Å²) < 4.78 is 0. The molecule has 2 heterocycles. The van der Waals surface area contributed by atoms with Gasteiger partial charge < -0.3 is 10.9 Å². The molecule has 0 fully saturated rings. The summed E-state index contributed by atoms with van der Waals surface area (Å²) in [6, 6.07) is 7.05. The minimum atomic E-state index is 0.0522. The molecule has 2 rings (SSSR count). The first-order valence-corrected chi connectivity index (χ1v) is 6.54. The molecule has 0 aliphatic heterocycles. The zero-order valence-electron chi connectivity index (χ0n) is 10.0. The Bertz CT molecular complexity index is 616. The topological polar surface area (TPSA) is 84.4 Å². The van der Waals surface area contributed by atoms with Crippen LogP contribution in [0, 0.1) is 6.92 Å². The Balaban J connectivity index is 2.30. The molecule has 0 unspecified atom stereocenters. The highest BCUT2D eigenvalue weighted by atomic mass is 35.5. The molecule has 0 amide bonds. The molecule has 2 aromatic heterocycles. The van der Waals surface area contributed by atoms with Crippen molar-refractivity contribution >= 4 is 29.2 Å². The molecular formula is C12H11ClN4OS. The van der Waals surface area contributed by atoms with E-state index in [-0.39, 0.29) is 5.84 Å². The number of oxime groups is 1. The molecule has 0 saturated heterocycles. The molecule has 5 nitrogen and oxygen atoms in total. The van der Waals surface area contributed by atoms with Gasteiger partial charge in [0.15, 0.2) is 5.84 Å². The number of hydrogen-bond acceptors (Lipinski definition) is 5. The summed E-state index contributed by atoms with van der Waals surface area (Å²) in [7, 11) is 0. The average Bonchev–Trinajstić information content (AvgIpc) is 2.40. The zero-order chi connectivity index (χ0) is 13.8. The van der Waals surface area contributed by atoms with Gasteiger partial charge in [-0.2, -0.15) is 0 Å². The van der Waals surface area contributed by atoms with Gasteiger partial charge in [0.05, 0.1) is 5.02 Å². The van der Waals surface area contributed by atoms with Gasteiger partial charge in [-0.05, 0) is 31.2 Å². The summed E-state index contributed by atoms with van der Waals surface area (Å²) in [4.78, 5) is 8.54. The molecule has 0 radical (unpaired) electrons. The number of amidine groups is 1. The van der Waals surface area contributed by atoms with Crippen molar-refractivity contribution in [2.75, 3.05) is 0 Å². The van der Waals surface area contributed by atoms with Crippen molar-refractivity contribution in [1.29, 1.82) is 0 Å². The van der Waals surface area contributed by atoms with E-state index in [4.69, 9.17) is 22.5 Å². The van der Waals surface area contributed by atoms with Crippen molar-refractivity contribution in [3.8, 4) is 0 Å². The van der Waals surface area contributed by atoms with Crippen LogP contribution >= 0.6 is 23.4 Å². The van der Waals surface area contributed by atoms with Crippen LogP contribution < -0.4 is 5.73 Å².